The number of rotatable bonds is 2. The number of hydrogen-bond acceptors (Lipinski definition) is 4. The van der Waals surface area contributed by atoms with Crippen LogP contribution < -0.4 is 5.32 Å². The summed E-state index contributed by atoms with van der Waals surface area (Å²) >= 11 is 1.30. The number of urea groups is 1. The van der Waals surface area contributed by atoms with Crippen LogP contribution in [0.25, 0.3) is 11.3 Å². The molecule has 0 aliphatic carbocycles. The Morgan fingerprint density at radius 3 is 3.00 bits per heavy atom. The zero-order valence-corrected chi connectivity index (χ0v) is 12.6. The van der Waals surface area contributed by atoms with Gasteiger partial charge in [-0.15, -0.1) is 0 Å². The number of nitrogens with zero attached hydrogens (tertiary/aromatic N) is 2. The van der Waals surface area contributed by atoms with Gasteiger partial charge >= 0.3 is 6.03 Å². The van der Waals surface area contributed by atoms with Crippen molar-refractivity contribution in [2.75, 3.05) is 25.0 Å². The summed E-state index contributed by atoms with van der Waals surface area (Å²) in [7, 11) is 0. The second-order valence-corrected chi connectivity index (χ2v) is 5.80. The van der Waals surface area contributed by atoms with Crippen molar-refractivity contribution in [1.29, 1.82) is 0 Å². The highest BCUT2D eigenvalue weighted by molar-refractivity contribution is 7.10. The predicted octanol–water partition coefficient (Wildman–Crippen LogP) is 3.06. The van der Waals surface area contributed by atoms with Crippen molar-refractivity contribution in [1.82, 2.24) is 9.27 Å². The number of anilines is 1. The van der Waals surface area contributed by atoms with Crippen LogP contribution in [0.15, 0.2) is 36.4 Å². The first kappa shape index (κ1) is 14.0. The predicted molar refractivity (Wildman–Crippen MR) is 83.6 cm³/mol. The van der Waals surface area contributed by atoms with Crippen molar-refractivity contribution in [3.63, 3.8) is 0 Å². The highest BCUT2D eigenvalue weighted by atomic mass is 32.1. The van der Waals surface area contributed by atoms with E-state index in [9.17, 15) is 4.79 Å². The molecule has 0 saturated carbocycles. The van der Waals surface area contributed by atoms with Crippen LogP contribution in [0.2, 0.25) is 0 Å². The van der Waals surface area contributed by atoms with Crippen molar-refractivity contribution in [2.45, 2.75) is 13.0 Å². The van der Waals surface area contributed by atoms with Crippen molar-refractivity contribution >= 4 is 22.6 Å². The molecule has 1 aliphatic rings. The number of aromatic nitrogens is 1. The summed E-state index contributed by atoms with van der Waals surface area (Å²) < 4.78 is 9.82. The molecule has 0 radical (unpaired) electrons. The van der Waals surface area contributed by atoms with E-state index in [-0.39, 0.29) is 12.1 Å². The van der Waals surface area contributed by atoms with Crippen LogP contribution in [-0.4, -0.2) is 41.1 Å². The molecule has 1 atom stereocenters. The number of carbonyl (C=O) groups excluding carboxylic acids is 1. The third-order valence-electron chi connectivity index (χ3n) is 3.34. The minimum atomic E-state index is -0.0894. The largest absolute Gasteiger partial charge is 0.375 e. The van der Waals surface area contributed by atoms with Gasteiger partial charge in [0.15, 0.2) is 0 Å². The van der Waals surface area contributed by atoms with Gasteiger partial charge in [0, 0.05) is 24.7 Å². The van der Waals surface area contributed by atoms with E-state index in [1.807, 2.05) is 43.3 Å². The van der Waals surface area contributed by atoms with E-state index in [1.165, 1.54) is 11.5 Å². The summed E-state index contributed by atoms with van der Waals surface area (Å²) in [5.74, 6) is 0. The molecule has 1 aromatic carbocycles. The lowest BCUT2D eigenvalue weighted by Gasteiger charge is -2.30. The van der Waals surface area contributed by atoms with Gasteiger partial charge in [-0.1, -0.05) is 30.3 Å². The average Bonchev–Trinajstić information content (AvgIpc) is 2.97. The Hall–Kier alpha value is -1.92. The van der Waals surface area contributed by atoms with Crippen molar-refractivity contribution in [3.05, 3.63) is 36.4 Å². The summed E-state index contributed by atoms with van der Waals surface area (Å²) in [6.45, 7) is 3.81. The second kappa shape index (κ2) is 6.24. The smallest absolute Gasteiger partial charge is 0.322 e. The van der Waals surface area contributed by atoms with Crippen LogP contribution in [0.1, 0.15) is 6.92 Å². The zero-order valence-electron chi connectivity index (χ0n) is 11.8. The summed E-state index contributed by atoms with van der Waals surface area (Å²) in [6.07, 6.45) is 0.0887. The molecule has 2 amide bonds. The Bertz CT molecular complexity index is 614. The van der Waals surface area contributed by atoms with E-state index >= 15 is 0 Å². The van der Waals surface area contributed by atoms with Crippen LogP contribution in [0.5, 0.6) is 0 Å². The minimum absolute atomic E-state index is 0.0887. The van der Waals surface area contributed by atoms with Gasteiger partial charge in [-0.2, -0.15) is 4.37 Å². The lowest BCUT2D eigenvalue weighted by Crippen LogP contribution is -2.46. The molecule has 1 saturated heterocycles. The fourth-order valence-corrected chi connectivity index (χ4v) is 2.92. The Balaban J connectivity index is 1.66. The highest BCUT2D eigenvalue weighted by Gasteiger charge is 2.21. The molecule has 6 heteroatoms. The topological polar surface area (TPSA) is 54.5 Å². The van der Waals surface area contributed by atoms with E-state index in [0.717, 1.165) is 16.3 Å². The van der Waals surface area contributed by atoms with Gasteiger partial charge in [0.05, 0.1) is 18.4 Å². The highest BCUT2D eigenvalue weighted by Crippen LogP contribution is 2.25. The Kier molecular flexibility index (Phi) is 4.17. The Labute approximate surface area is 127 Å². The van der Waals surface area contributed by atoms with E-state index in [4.69, 9.17) is 4.74 Å². The lowest BCUT2D eigenvalue weighted by atomic mass is 10.2. The lowest BCUT2D eigenvalue weighted by molar-refractivity contribution is -0.00137. The minimum Gasteiger partial charge on any atom is -0.375 e. The zero-order chi connectivity index (χ0) is 14.7. The average molecular weight is 303 g/mol. The number of benzene rings is 1. The molecule has 5 nitrogen and oxygen atoms in total. The first-order chi connectivity index (χ1) is 10.2. The molecule has 1 N–H and O–H groups in total. The molecule has 1 unspecified atom stereocenters. The number of nitrogens with one attached hydrogen (secondary N) is 1. The third-order valence-corrected chi connectivity index (χ3v) is 4.04. The van der Waals surface area contributed by atoms with Gasteiger partial charge in [-0.25, -0.2) is 4.79 Å². The maximum absolute atomic E-state index is 12.2. The van der Waals surface area contributed by atoms with Crippen molar-refractivity contribution in [2.24, 2.45) is 0 Å². The van der Waals surface area contributed by atoms with E-state index < -0.39 is 0 Å². The monoisotopic (exact) mass is 303 g/mol. The van der Waals surface area contributed by atoms with Gasteiger partial charge < -0.3 is 9.64 Å². The van der Waals surface area contributed by atoms with Crippen molar-refractivity contribution < 1.29 is 9.53 Å². The molecule has 2 aromatic rings. The number of hydrogen-bond donors (Lipinski definition) is 1. The van der Waals surface area contributed by atoms with Crippen LogP contribution in [0.4, 0.5) is 9.80 Å². The summed E-state index contributed by atoms with van der Waals surface area (Å²) in [5.41, 5.74) is 1.93. The number of amides is 2. The number of carbonyl (C=O) groups is 1. The fourth-order valence-electron chi connectivity index (χ4n) is 2.27. The SMILES string of the molecule is CC1CN(C(=O)Nc2cc(-c3ccccc3)ns2)CCO1. The normalized spacial score (nSPS) is 18.5. The van der Waals surface area contributed by atoms with Crippen LogP contribution in [0, 0.1) is 0 Å². The van der Waals surface area contributed by atoms with Crippen molar-refractivity contribution in [3.8, 4) is 11.3 Å². The van der Waals surface area contributed by atoms with Gasteiger partial charge in [0.2, 0.25) is 0 Å². The first-order valence-electron chi connectivity index (χ1n) is 6.92. The molecular weight excluding hydrogens is 286 g/mol. The maximum Gasteiger partial charge on any atom is 0.322 e. The molecule has 110 valence electrons. The van der Waals surface area contributed by atoms with Gasteiger partial charge in [0.1, 0.15) is 5.00 Å². The van der Waals surface area contributed by atoms with Crippen LogP contribution in [0.3, 0.4) is 0 Å². The van der Waals surface area contributed by atoms with Gasteiger partial charge in [-0.3, -0.25) is 5.32 Å². The molecule has 1 fully saturated rings. The Morgan fingerprint density at radius 1 is 1.43 bits per heavy atom. The second-order valence-electron chi connectivity index (χ2n) is 5.00. The van der Waals surface area contributed by atoms with Gasteiger partial charge in [-0.05, 0) is 18.5 Å². The summed E-state index contributed by atoms with van der Waals surface area (Å²) in [6, 6.07) is 11.7. The van der Waals surface area contributed by atoms with E-state index in [1.54, 1.807) is 4.90 Å². The molecule has 1 aliphatic heterocycles. The number of morpholine rings is 1. The van der Waals surface area contributed by atoms with Gasteiger partial charge in [0.25, 0.3) is 0 Å². The summed E-state index contributed by atoms with van der Waals surface area (Å²) in [5, 5.41) is 3.67. The quantitative estimate of drug-likeness (QED) is 0.927. The van der Waals surface area contributed by atoms with Crippen LogP contribution >= 0.6 is 11.5 Å². The summed E-state index contributed by atoms with van der Waals surface area (Å²) in [4.78, 5) is 14.0. The maximum atomic E-state index is 12.2. The standard InChI is InChI=1S/C15H17N3O2S/c1-11-10-18(7-8-20-11)15(19)16-14-9-13(17-21-14)12-5-3-2-4-6-12/h2-6,9,11H,7-8,10H2,1H3,(H,16,19). The first-order valence-corrected chi connectivity index (χ1v) is 7.69. The van der Waals surface area contributed by atoms with E-state index in [0.29, 0.717) is 19.7 Å². The fraction of sp³-hybridized carbons (Fsp3) is 0.333. The third kappa shape index (κ3) is 3.40. The van der Waals surface area contributed by atoms with Crippen LogP contribution in [-0.2, 0) is 4.74 Å². The molecule has 3 rings (SSSR count). The van der Waals surface area contributed by atoms with E-state index in [2.05, 4.69) is 9.69 Å². The molecular formula is C15H17N3O2S. The number of ether oxygens (including phenoxy) is 1. The molecule has 21 heavy (non-hydrogen) atoms. The molecule has 2 heterocycles. The Morgan fingerprint density at radius 2 is 2.24 bits per heavy atom. The molecule has 1 aromatic heterocycles. The molecule has 0 bridgehead atoms. The molecule has 0 spiro atoms.